The molecule has 0 spiro atoms. The Morgan fingerprint density at radius 1 is 1.10 bits per heavy atom. The van der Waals surface area contributed by atoms with Crippen molar-refractivity contribution in [3.63, 3.8) is 0 Å². The third kappa shape index (κ3) is 5.84. The lowest BCUT2D eigenvalue weighted by Crippen LogP contribution is -2.46. The van der Waals surface area contributed by atoms with Crippen molar-refractivity contribution in [2.24, 2.45) is 0 Å². The third-order valence-corrected chi connectivity index (χ3v) is 6.76. The molecule has 4 aromatic rings. The van der Waals surface area contributed by atoms with E-state index in [1.165, 1.54) is 53.1 Å². The van der Waals surface area contributed by atoms with Crippen LogP contribution in [0, 0.1) is 5.82 Å². The Balaban J connectivity index is 1.54. The van der Waals surface area contributed by atoms with Crippen LogP contribution < -0.4 is 10.2 Å². The quantitative estimate of drug-likeness (QED) is 0.321. The van der Waals surface area contributed by atoms with Crippen molar-refractivity contribution in [1.82, 2.24) is 20.3 Å². The van der Waals surface area contributed by atoms with E-state index in [4.69, 9.17) is 9.47 Å². The first kappa shape index (κ1) is 26.9. The Hall–Kier alpha value is -4.64. The van der Waals surface area contributed by atoms with E-state index in [-0.39, 0.29) is 24.8 Å². The van der Waals surface area contributed by atoms with Crippen LogP contribution in [0.5, 0.6) is 0 Å². The molecule has 0 radical (unpaired) electrons. The lowest BCUT2D eigenvalue weighted by Gasteiger charge is -2.32. The highest BCUT2D eigenvalue weighted by atomic mass is 19.1. The Morgan fingerprint density at radius 2 is 1.85 bits per heavy atom. The smallest absolute Gasteiger partial charge is 0.337 e. The van der Waals surface area contributed by atoms with Gasteiger partial charge >= 0.3 is 5.97 Å². The molecule has 1 fully saturated rings. The van der Waals surface area contributed by atoms with E-state index in [1.54, 1.807) is 24.3 Å². The van der Waals surface area contributed by atoms with Gasteiger partial charge in [0.2, 0.25) is 11.8 Å². The summed E-state index contributed by atoms with van der Waals surface area (Å²) in [6.45, 7) is 0.675. The second-order valence-corrected chi connectivity index (χ2v) is 9.37. The van der Waals surface area contributed by atoms with Gasteiger partial charge in [-0.2, -0.15) is 0 Å². The number of benzene rings is 3. The predicted molar refractivity (Wildman–Crippen MR) is 144 cm³/mol. The Labute approximate surface area is 229 Å². The molecule has 11 heteroatoms. The van der Waals surface area contributed by atoms with Crippen LogP contribution >= 0.6 is 0 Å². The molecular weight excluding hydrogens is 517 g/mol. The number of nitrogens with one attached hydrogen (secondary N) is 1. The molecule has 5 rings (SSSR count). The third-order valence-electron chi connectivity index (χ3n) is 6.76. The fourth-order valence-electron chi connectivity index (χ4n) is 4.73. The number of rotatable bonds is 9. The van der Waals surface area contributed by atoms with E-state index in [9.17, 15) is 18.8 Å². The van der Waals surface area contributed by atoms with Crippen molar-refractivity contribution < 1.29 is 28.2 Å². The summed E-state index contributed by atoms with van der Waals surface area (Å²) in [6.07, 6.45) is 1.60. The highest BCUT2D eigenvalue weighted by molar-refractivity contribution is 6.02. The topological polar surface area (TPSA) is 116 Å². The molecule has 0 saturated carbocycles. The van der Waals surface area contributed by atoms with E-state index in [0.29, 0.717) is 28.9 Å². The number of halogens is 1. The number of esters is 1. The van der Waals surface area contributed by atoms with Crippen LogP contribution in [0.3, 0.4) is 0 Å². The number of carbonyl (C=O) groups is 3. The van der Waals surface area contributed by atoms with Crippen molar-refractivity contribution >= 4 is 34.5 Å². The van der Waals surface area contributed by atoms with Crippen LogP contribution in [0.1, 0.15) is 34.8 Å². The Kier molecular flexibility index (Phi) is 8.11. The van der Waals surface area contributed by atoms with Crippen LogP contribution in [0.2, 0.25) is 0 Å². The maximum atomic E-state index is 14.0. The van der Waals surface area contributed by atoms with Gasteiger partial charge in [-0.05, 0) is 66.9 Å². The first-order chi connectivity index (χ1) is 19.4. The summed E-state index contributed by atoms with van der Waals surface area (Å²) in [5.41, 5.74) is 2.30. The second kappa shape index (κ2) is 12.0. The molecule has 1 saturated heterocycles. The standard InChI is InChI=1S/C29H28FN5O5/c1-39-29(38)20-10-14-22(15-11-20)35(26(36)18-34-25-7-3-2-6-24(25)32-33-34)27(19-8-12-21(30)13-9-19)28(37)31-17-23-5-4-16-40-23/h2-3,6-15,23,27H,4-5,16-18H2,1H3,(H,31,37)/t23-,27+/m1/s1. The van der Waals surface area contributed by atoms with Crippen molar-refractivity contribution in [3.8, 4) is 0 Å². The molecule has 0 bridgehead atoms. The minimum absolute atomic E-state index is 0.122. The van der Waals surface area contributed by atoms with Gasteiger partial charge in [-0.1, -0.05) is 29.5 Å². The van der Waals surface area contributed by atoms with Gasteiger partial charge in [0.05, 0.1) is 24.3 Å². The van der Waals surface area contributed by atoms with Gasteiger partial charge in [0, 0.05) is 18.8 Å². The Bertz CT molecular complexity index is 1500. The number of para-hydroxylation sites is 1. The maximum absolute atomic E-state index is 14.0. The SMILES string of the molecule is COC(=O)c1ccc(N(C(=O)Cn2nnc3ccccc32)[C@H](C(=O)NC[C@H]2CCCO2)c2ccc(F)cc2)cc1. The normalized spacial score (nSPS) is 15.5. The number of amides is 2. The molecule has 2 atom stereocenters. The largest absolute Gasteiger partial charge is 0.465 e. The molecule has 0 aliphatic carbocycles. The van der Waals surface area contributed by atoms with E-state index in [2.05, 4.69) is 15.6 Å². The molecule has 1 aromatic heterocycles. The van der Waals surface area contributed by atoms with Gasteiger partial charge < -0.3 is 14.8 Å². The summed E-state index contributed by atoms with van der Waals surface area (Å²) in [5.74, 6) is -1.95. The zero-order valence-electron chi connectivity index (χ0n) is 21.8. The molecule has 0 unspecified atom stereocenters. The number of methoxy groups -OCH3 is 1. The van der Waals surface area contributed by atoms with Gasteiger partial charge in [0.1, 0.15) is 23.9 Å². The van der Waals surface area contributed by atoms with Gasteiger partial charge in [-0.3, -0.25) is 14.5 Å². The molecule has 1 N–H and O–H groups in total. The minimum atomic E-state index is -1.16. The van der Waals surface area contributed by atoms with Crippen molar-refractivity contribution in [3.05, 3.63) is 89.7 Å². The highest BCUT2D eigenvalue weighted by Crippen LogP contribution is 2.30. The number of anilines is 1. The minimum Gasteiger partial charge on any atom is -0.465 e. The van der Waals surface area contributed by atoms with Crippen LogP contribution in [0.25, 0.3) is 11.0 Å². The van der Waals surface area contributed by atoms with E-state index >= 15 is 0 Å². The van der Waals surface area contributed by atoms with Crippen LogP contribution in [0.4, 0.5) is 10.1 Å². The molecule has 2 heterocycles. The van der Waals surface area contributed by atoms with E-state index in [0.717, 1.165) is 12.8 Å². The summed E-state index contributed by atoms with van der Waals surface area (Å²) in [7, 11) is 1.28. The molecule has 206 valence electrons. The molecule has 3 aromatic carbocycles. The monoisotopic (exact) mass is 545 g/mol. The van der Waals surface area contributed by atoms with Gasteiger partial charge in [-0.25, -0.2) is 13.9 Å². The van der Waals surface area contributed by atoms with Crippen molar-refractivity contribution in [2.45, 2.75) is 31.5 Å². The number of hydrogen-bond acceptors (Lipinski definition) is 7. The Morgan fingerprint density at radius 3 is 2.55 bits per heavy atom. The number of fused-ring (bicyclic) bond motifs is 1. The van der Waals surface area contributed by atoms with Crippen LogP contribution in [-0.4, -0.2) is 59.1 Å². The molecule has 40 heavy (non-hydrogen) atoms. The van der Waals surface area contributed by atoms with Crippen molar-refractivity contribution in [2.75, 3.05) is 25.2 Å². The summed E-state index contributed by atoms with van der Waals surface area (Å²) in [6, 6.07) is 17.6. The molecule has 10 nitrogen and oxygen atoms in total. The van der Waals surface area contributed by atoms with E-state index in [1.807, 2.05) is 12.1 Å². The number of carbonyl (C=O) groups excluding carboxylic acids is 3. The van der Waals surface area contributed by atoms with Crippen LogP contribution in [-0.2, 0) is 25.6 Å². The lowest BCUT2D eigenvalue weighted by atomic mass is 10.0. The molecular formula is C29H28FN5O5. The molecule has 1 aliphatic heterocycles. The summed E-state index contributed by atoms with van der Waals surface area (Å²) < 4.78 is 25.8. The van der Waals surface area contributed by atoms with Gasteiger partial charge in [-0.15, -0.1) is 5.10 Å². The van der Waals surface area contributed by atoms with E-state index < -0.39 is 29.6 Å². The second-order valence-electron chi connectivity index (χ2n) is 9.37. The number of aromatic nitrogens is 3. The predicted octanol–water partition coefficient (Wildman–Crippen LogP) is 3.43. The summed E-state index contributed by atoms with van der Waals surface area (Å²) >= 11 is 0. The summed E-state index contributed by atoms with van der Waals surface area (Å²) in [4.78, 5) is 41.2. The zero-order valence-corrected chi connectivity index (χ0v) is 21.8. The molecule has 2 amide bonds. The number of hydrogen-bond donors (Lipinski definition) is 1. The highest BCUT2D eigenvalue weighted by Gasteiger charge is 2.34. The van der Waals surface area contributed by atoms with Crippen LogP contribution in [0.15, 0.2) is 72.8 Å². The maximum Gasteiger partial charge on any atom is 0.337 e. The van der Waals surface area contributed by atoms with Gasteiger partial charge in [0.15, 0.2) is 0 Å². The average Bonchev–Trinajstić information content (AvgIpc) is 3.65. The fraction of sp³-hybridized carbons (Fsp3) is 0.276. The average molecular weight is 546 g/mol. The van der Waals surface area contributed by atoms with Crippen molar-refractivity contribution in [1.29, 1.82) is 0 Å². The zero-order chi connectivity index (χ0) is 28.1. The number of ether oxygens (including phenoxy) is 2. The fourth-order valence-corrected chi connectivity index (χ4v) is 4.73. The lowest BCUT2D eigenvalue weighted by molar-refractivity contribution is -0.127. The van der Waals surface area contributed by atoms with Gasteiger partial charge in [0.25, 0.3) is 0 Å². The number of nitrogens with zero attached hydrogens (tertiary/aromatic N) is 4. The first-order valence-corrected chi connectivity index (χ1v) is 12.9. The first-order valence-electron chi connectivity index (χ1n) is 12.9. The molecule has 1 aliphatic rings. The summed E-state index contributed by atoms with van der Waals surface area (Å²) in [5, 5.41) is 11.2.